The Kier molecular flexibility index (Phi) is 6.72. The van der Waals surface area contributed by atoms with E-state index in [1.807, 2.05) is 18.2 Å². The van der Waals surface area contributed by atoms with Crippen molar-refractivity contribution in [3.63, 3.8) is 0 Å². The van der Waals surface area contributed by atoms with Crippen LogP contribution in [0.5, 0.6) is 5.75 Å². The second-order valence-electron chi connectivity index (χ2n) is 7.06. The van der Waals surface area contributed by atoms with Crippen LogP contribution < -0.4 is 14.5 Å². The van der Waals surface area contributed by atoms with E-state index in [0.29, 0.717) is 6.54 Å². The summed E-state index contributed by atoms with van der Waals surface area (Å²) >= 11 is 6.13. The molecule has 28 heavy (non-hydrogen) atoms. The number of aliphatic hydroxyl groups is 1. The quantitative estimate of drug-likeness (QED) is 0.540. The van der Waals surface area contributed by atoms with Crippen molar-refractivity contribution in [2.75, 3.05) is 44.2 Å². The first-order valence-electron chi connectivity index (χ1n) is 9.33. The molecule has 2 aromatic rings. The van der Waals surface area contributed by atoms with Gasteiger partial charge in [0, 0.05) is 16.8 Å². The zero-order valence-corrected chi connectivity index (χ0v) is 16.6. The lowest BCUT2D eigenvalue weighted by atomic mass is 10.1. The fraction of sp³-hybridized carbons (Fsp3) is 0.400. The van der Waals surface area contributed by atoms with E-state index in [4.69, 9.17) is 16.3 Å². The van der Waals surface area contributed by atoms with Crippen LogP contribution >= 0.6 is 11.6 Å². The highest BCUT2D eigenvalue weighted by atomic mass is 35.5. The number of aryl methyl sites for hydroxylation is 1. The van der Waals surface area contributed by atoms with Crippen molar-refractivity contribution in [3.05, 3.63) is 63.2 Å². The zero-order valence-electron chi connectivity index (χ0n) is 15.8. The molecule has 150 valence electrons. The number of quaternary nitrogens is 1. The van der Waals surface area contributed by atoms with Gasteiger partial charge in [-0.1, -0.05) is 29.8 Å². The molecular weight excluding hydrogens is 382 g/mol. The Balaban J connectivity index is 1.48. The Morgan fingerprint density at radius 3 is 2.71 bits per heavy atom. The van der Waals surface area contributed by atoms with Gasteiger partial charge >= 0.3 is 5.69 Å². The average molecular weight is 407 g/mol. The smallest absolute Gasteiger partial charge is 0.310 e. The van der Waals surface area contributed by atoms with Crippen molar-refractivity contribution >= 4 is 23.0 Å². The predicted octanol–water partition coefficient (Wildman–Crippen LogP) is 1.70. The standard InChI is InChI=1S/C20H24ClN3O4/c1-15-6-7-16(21)12-19(15)23-10-8-22(9-11-23)13-17(25)14-28-20-5-3-2-4-18(20)24(26)27/h2-7,12,17,25H,8-11,13-14H2,1H3/p+1/t17-/m0/s1. The van der Waals surface area contributed by atoms with Crippen molar-refractivity contribution in [3.8, 4) is 5.75 Å². The lowest BCUT2D eigenvalue weighted by Crippen LogP contribution is -3.16. The molecule has 2 N–H and O–H groups in total. The van der Waals surface area contributed by atoms with Gasteiger partial charge in [-0.15, -0.1) is 0 Å². The van der Waals surface area contributed by atoms with Gasteiger partial charge in [-0.3, -0.25) is 10.1 Å². The summed E-state index contributed by atoms with van der Waals surface area (Å²) in [6, 6.07) is 12.1. The molecule has 1 aliphatic rings. The highest BCUT2D eigenvalue weighted by Crippen LogP contribution is 2.26. The lowest BCUT2D eigenvalue weighted by Gasteiger charge is -2.35. The Hall–Kier alpha value is -2.35. The van der Waals surface area contributed by atoms with Crippen molar-refractivity contribution < 1.29 is 19.7 Å². The molecule has 0 saturated carbocycles. The van der Waals surface area contributed by atoms with E-state index in [2.05, 4.69) is 11.8 Å². The Bertz CT molecular complexity index is 825. The number of benzene rings is 2. The molecule has 1 aliphatic heterocycles. The number of hydrogen-bond donors (Lipinski definition) is 2. The molecule has 1 fully saturated rings. The summed E-state index contributed by atoms with van der Waals surface area (Å²) in [6.07, 6.45) is -0.686. The van der Waals surface area contributed by atoms with Crippen LogP contribution in [0.2, 0.25) is 5.02 Å². The summed E-state index contributed by atoms with van der Waals surface area (Å²) in [7, 11) is 0. The van der Waals surface area contributed by atoms with E-state index in [1.54, 1.807) is 18.2 Å². The van der Waals surface area contributed by atoms with Crippen LogP contribution in [0.1, 0.15) is 5.56 Å². The van der Waals surface area contributed by atoms with E-state index < -0.39 is 11.0 Å². The molecule has 0 unspecified atom stereocenters. The number of nitrogens with one attached hydrogen (secondary N) is 1. The van der Waals surface area contributed by atoms with E-state index in [9.17, 15) is 15.2 Å². The van der Waals surface area contributed by atoms with Crippen molar-refractivity contribution in [2.24, 2.45) is 0 Å². The molecule has 8 heteroatoms. The highest BCUT2D eigenvalue weighted by molar-refractivity contribution is 6.30. The molecule has 0 amide bonds. The predicted molar refractivity (Wildman–Crippen MR) is 109 cm³/mol. The molecule has 7 nitrogen and oxygen atoms in total. The Labute approximate surface area is 169 Å². The third-order valence-corrected chi connectivity index (χ3v) is 5.23. The minimum Gasteiger partial charge on any atom is -0.484 e. The maximum absolute atomic E-state index is 11.0. The Morgan fingerprint density at radius 1 is 1.29 bits per heavy atom. The molecule has 3 rings (SSSR count). The first-order valence-corrected chi connectivity index (χ1v) is 9.71. The van der Waals surface area contributed by atoms with Gasteiger partial charge in [0.15, 0.2) is 5.75 Å². The summed E-state index contributed by atoms with van der Waals surface area (Å²) in [5, 5.41) is 22.1. The number of anilines is 1. The average Bonchev–Trinajstić information content (AvgIpc) is 2.69. The van der Waals surface area contributed by atoms with Gasteiger partial charge in [-0.05, 0) is 30.7 Å². The fourth-order valence-corrected chi connectivity index (χ4v) is 3.67. The lowest BCUT2D eigenvalue weighted by molar-refractivity contribution is -0.903. The van der Waals surface area contributed by atoms with E-state index >= 15 is 0 Å². The van der Waals surface area contributed by atoms with E-state index in [0.717, 1.165) is 36.9 Å². The molecule has 2 aromatic carbocycles. The highest BCUT2D eigenvalue weighted by Gasteiger charge is 2.24. The molecule has 0 spiro atoms. The molecular formula is C20H25ClN3O4+. The fourth-order valence-electron chi connectivity index (χ4n) is 3.50. The third-order valence-electron chi connectivity index (χ3n) is 5.00. The molecule has 1 atom stereocenters. The van der Waals surface area contributed by atoms with Gasteiger partial charge in [0.2, 0.25) is 0 Å². The third kappa shape index (κ3) is 5.13. The topological polar surface area (TPSA) is 80.3 Å². The van der Waals surface area contributed by atoms with Crippen LogP contribution in [0.25, 0.3) is 0 Å². The van der Waals surface area contributed by atoms with Crippen LogP contribution in [0.15, 0.2) is 42.5 Å². The normalized spacial score (nSPS) is 16.0. The van der Waals surface area contributed by atoms with Crippen LogP contribution in [-0.4, -0.2) is 55.5 Å². The maximum Gasteiger partial charge on any atom is 0.310 e. The molecule has 1 saturated heterocycles. The van der Waals surface area contributed by atoms with Crippen molar-refractivity contribution in [2.45, 2.75) is 13.0 Å². The second-order valence-corrected chi connectivity index (χ2v) is 7.50. The first kappa shape index (κ1) is 20.4. The second kappa shape index (κ2) is 9.23. The summed E-state index contributed by atoms with van der Waals surface area (Å²) in [5.41, 5.74) is 2.27. The van der Waals surface area contributed by atoms with Gasteiger partial charge in [-0.2, -0.15) is 0 Å². The maximum atomic E-state index is 11.0. The monoisotopic (exact) mass is 406 g/mol. The van der Waals surface area contributed by atoms with Gasteiger partial charge in [0.25, 0.3) is 0 Å². The van der Waals surface area contributed by atoms with Crippen molar-refractivity contribution in [1.29, 1.82) is 0 Å². The van der Waals surface area contributed by atoms with Crippen LogP contribution in [0, 0.1) is 17.0 Å². The summed E-state index contributed by atoms with van der Waals surface area (Å²) in [4.78, 5) is 14.1. The van der Waals surface area contributed by atoms with Crippen molar-refractivity contribution in [1.82, 2.24) is 0 Å². The number of rotatable bonds is 7. The molecule has 1 heterocycles. The Morgan fingerprint density at radius 2 is 2.00 bits per heavy atom. The number of para-hydroxylation sites is 2. The number of ether oxygens (including phenoxy) is 1. The number of piperazine rings is 1. The molecule has 0 bridgehead atoms. The largest absolute Gasteiger partial charge is 0.484 e. The van der Waals surface area contributed by atoms with E-state index in [-0.39, 0.29) is 18.0 Å². The number of aliphatic hydroxyl groups excluding tert-OH is 1. The van der Waals surface area contributed by atoms with E-state index in [1.165, 1.54) is 16.5 Å². The number of hydrogen-bond acceptors (Lipinski definition) is 5. The molecule has 0 aliphatic carbocycles. The number of halogens is 1. The SMILES string of the molecule is Cc1ccc(Cl)cc1N1CC[NH+](C[C@H](O)COc2ccccc2[N+](=O)[O-])CC1. The molecule has 0 aromatic heterocycles. The van der Waals surface area contributed by atoms with Gasteiger partial charge in [0.1, 0.15) is 19.3 Å². The summed E-state index contributed by atoms with van der Waals surface area (Å²) < 4.78 is 5.49. The number of nitrogens with zero attached hydrogens (tertiary/aromatic N) is 2. The van der Waals surface area contributed by atoms with Crippen LogP contribution in [0.4, 0.5) is 11.4 Å². The van der Waals surface area contributed by atoms with Gasteiger partial charge < -0.3 is 19.6 Å². The van der Waals surface area contributed by atoms with Crippen LogP contribution in [-0.2, 0) is 0 Å². The van der Waals surface area contributed by atoms with Gasteiger partial charge in [0.05, 0.1) is 31.1 Å². The first-order chi connectivity index (χ1) is 13.4. The van der Waals surface area contributed by atoms with Crippen LogP contribution in [0.3, 0.4) is 0 Å². The summed E-state index contributed by atoms with van der Waals surface area (Å²) in [6.45, 7) is 6.22. The zero-order chi connectivity index (χ0) is 20.1. The summed E-state index contributed by atoms with van der Waals surface area (Å²) in [5.74, 6) is 0.183. The molecule has 0 radical (unpaired) electrons. The number of nitro benzene ring substituents is 1. The minimum absolute atomic E-state index is 0.0332. The number of nitro groups is 1. The minimum atomic E-state index is -0.686. The van der Waals surface area contributed by atoms with Gasteiger partial charge in [-0.25, -0.2) is 0 Å².